The highest BCUT2D eigenvalue weighted by Gasteiger charge is 2.30. The number of amides is 1. The molecule has 2 aromatic rings. The van der Waals surface area contributed by atoms with E-state index in [0.717, 1.165) is 16.3 Å². The average Bonchev–Trinajstić information content (AvgIpc) is 2.87. The quantitative estimate of drug-likeness (QED) is 0.415. The summed E-state index contributed by atoms with van der Waals surface area (Å²) in [6.45, 7) is 1.24. The van der Waals surface area contributed by atoms with Crippen molar-refractivity contribution in [2.24, 2.45) is 5.92 Å². The number of benzene rings is 2. The lowest BCUT2D eigenvalue weighted by atomic mass is 9.97. The van der Waals surface area contributed by atoms with Gasteiger partial charge in [-0.1, -0.05) is 30.3 Å². The van der Waals surface area contributed by atoms with Crippen molar-refractivity contribution in [2.45, 2.75) is 30.6 Å². The number of nitrogens with zero attached hydrogens (tertiary/aromatic N) is 2. The number of hydrogen-bond acceptors (Lipinski definition) is 6. The van der Waals surface area contributed by atoms with Crippen molar-refractivity contribution < 1.29 is 26.4 Å². The molecule has 0 aliphatic carbocycles. The number of carbonyl (C=O) groups is 1. The van der Waals surface area contributed by atoms with Gasteiger partial charge in [-0.25, -0.2) is 25.4 Å². The van der Waals surface area contributed by atoms with E-state index in [4.69, 9.17) is 4.74 Å². The van der Waals surface area contributed by atoms with Crippen molar-refractivity contribution in [1.82, 2.24) is 13.9 Å². The minimum absolute atomic E-state index is 0.104. The van der Waals surface area contributed by atoms with Gasteiger partial charge in [-0.2, -0.15) is 0 Å². The summed E-state index contributed by atoms with van der Waals surface area (Å²) in [4.78, 5) is 12.7. The Balaban J connectivity index is 1.35. The highest BCUT2D eigenvalue weighted by molar-refractivity contribution is 7.89. The van der Waals surface area contributed by atoms with E-state index >= 15 is 0 Å². The molecule has 0 radical (unpaired) electrons. The smallest absolute Gasteiger partial charge is 0.242 e. The molecule has 0 spiro atoms. The molecule has 1 heterocycles. The topological polar surface area (TPSA) is 113 Å². The number of rotatable bonds is 12. The van der Waals surface area contributed by atoms with Gasteiger partial charge in [0, 0.05) is 33.1 Å². The molecule has 1 aliphatic rings. The minimum Gasteiger partial charge on any atom is -0.492 e. The number of carbonyl (C=O) groups excluding carboxylic acids is 1. The Kier molecular flexibility index (Phi) is 9.89. The SMILES string of the molecule is CN(C)S(=O)(=O)c1ccc(OCCNC(=O)C2CCN(S(=O)(=O)CCCc3ccccc3)CC2)cc1. The monoisotopic (exact) mass is 537 g/mol. The number of nitrogens with one attached hydrogen (secondary N) is 1. The van der Waals surface area contributed by atoms with Crippen LogP contribution in [0.15, 0.2) is 59.5 Å². The Morgan fingerprint density at radius 2 is 1.64 bits per heavy atom. The Hall–Kier alpha value is -2.47. The van der Waals surface area contributed by atoms with Crippen molar-refractivity contribution in [3.63, 3.8) is 0 Å². The van der Waals surface area contributed by atoms with Crippen molar-refractivity contribution in [3.8, 4) is 5.75 Å². The van der Waals surface area contributed by atoms with Crippen LogP contribution >= 0.6 is 0 Å². The highest BCUT2D eigenvalue weighted by Crippen LogP contribution is 2.21. The number of aryl methyl sites for hydroxylation is 1. The third-order valence-electron chi connectivity index (χ3n) is 6.20. The molecule has 2 aromatic carbocycles. The summed E-state index contributed by atoms with van der Waals surface area (Å²) >= 11 is 0. The van der Waals surface area contributed by atoms with Crippen LogP contribution in [0.5, 0.6) is 5.75 Å². The van der Waals surface area contributed by atoms with Gasteiger partial charge >= 0.3 is 0 Å². The molecule has 1 aliphatic heterocycles. The predicted molar refractivity (Wildman–Crippen MR) is 139 cm³/mol. The summed E-state index contributed by atoms with van der Waals surface area (Å²) in [6.07, 6.45) is 2.28. The minimum atomic E-state index is -3.49. The molecule has 0 saturated carbocycles. The third kappa shape index (κ3) is 7.76. The lowest BCUT2D eigenvalue weighted by Gasteiger charge is -2.30. The summed E-state index contributed by atoms with van der Waals surface area (Å²) in [5.74, 6) is 0.286. The molecule has 9 nitrogen and oxygen atoms in total. The van der Waals surface area contributed by atoms with E-state index in [1.807, 2.05) is 30.3 Å². The van der Waals surface area contributed by atoms with E-state index in [9.17, 15) is 21.6 Å². The Morgan fingerprint density at radius 1 is 1.00 bits per heavy atom. The van der Waals surface area contributed by atoms with Gasteiger partial charge in [0.05, 0.1) is 17.2 Å². The number of piperidine rings is 1. The van der Waals surface area contributed by atoms with Gasteiger partial charge < -0.3 is 10.1 Å². The van der Waals surface area contributed by atoms with Crippen LogP contribution in [-0.2, 0) is 31.3 Å². The van der Waals surface area contributed by atoms with Gasteiger partial charge in [-0.15, -0.1) is 0 Å². The van der Waals surface area contributed by atoms with Crippen LogP contribution in [-0.4, -0.2) is 77.4 Å². The van der Waals surface area contributed by atoms with Crippen molar-refractivity contribution >= 4 is 26.0 Å². The van der Waals surface area contributed by atoms with Crippen LogP contribution in [0.25, 0.3) is 0 Å². The van der Waals surface area contributed by atoms with Crippen LogP contribution in [0.3, 0.4) is 0 Å². The number of sulfonamides is 2. The van der Waals surface area contributed by atoms with Crippen molar-refractivity contribution in [3.05, 3.63) is 60.2 Å². The van der Waals surface area contributed by atoms with Gasteiger partial charge in [-0.05, 0) is 55.5 Å². The second-order valence-electron chi connectivity index (χ2n) is 8.98. The van der Waals surface area contributed by atoms with Gasteiger partial charge in [-0.3, -0.25) is 4.79 Å². The lowest BCUT2D eigenvalue weighted by molar-refractivity contribution is -0.126. The second-order valence-corrected chi connectivity index (χ2v) is 13.2. The van der Waals surface area contributed by atoms with Crippen LogP contribution in [0, 0.1) is 5.92 Å². The fourth-order valence-electron chi connectivity index (χ4n) is 4.03. The number of hydrogen-bond donors (Lipinski definition) is 1. The molecule has 198 valence electrons. The molecule has 11 heteroatoms. The maximum Gasteiger partial charge on any atom is 0.242 e. The van der Waals surface area contributed by atoms with E-state index in [1.54, 1.807) is 12.1 Å². The van der Waals surface area contributed by atoms with Gasteiger partial charge in [0.2, 0.25) is 26.0 Å². The maximum atomic E-state index is 12.7. The summed E-state index contributed by atoms with van der Waals surface area (Å²) in [5.41, 5.74) is 1.13. The van der Waals surface area contributed by atoms with E-state index < -0.39 is 20.0 Å². The summed E-state index contributed by atoms with van der Waals surface area (Å²) in [5, 5.41) is 2.84. The molecule has 1 amide bonds. The molecule has 1 saturated heterocycles. The molecule has 1 N–H and O–H groups in total. The first-order valence-electron chi connectivity index (χ1n) is 12.0. The van der Waals surface area contributed by atoms with E-state index in [2.05, 4.69) is 5.32 Å². The van der Waals surface area contributed by atoms with Crippen LogP contribution < -0.4 is 10.1 Å². The number of ether oxygens (including phenoxy) is 1. The molecule has 0 bridgehead atoms. The molecular weight excluding hydrogens is 502 g/mol. The largest absolute Gasteiger partial charge is 0.492 e. The van der Waals surface area contributed by atoms with Crippen LogP contribution in [0.4, 0.5) is 0 Å². The first kappa shape index (κ1) is 28.1. The predicted octanol–water partition coefficient (Wildman–Crippen LogP) is 2.11. The average molecular weight is 538 g/mol. The molecule has 3 rings (SSSR count). The molecule has 36 heavy (non-hydrogen) atoms. The molecule has 0 unspecified atom stereocenters. The standard InChI is InChI=1S/C25H35N3O6S2/c1-27(2)36(32,33)24-12-10-23(11-13-24)34-19-16-26-25(29)22-14-17-28(18-15-22)35(30,31)20-6-9-21-7-4-3-5-8-21/h3-5,7-8,10-13,22H,6,9,14-20H2,1-2H3,(H,26,29). The summed E-state index contributed by atoms with van der Waals surface area (Å²) < 4.78 is 57.8. The van der Waals surface area contributed by atoms with Crippen LogP contribution in [0.1, 0.15) is 24.8 Å². The lowest BCUT2D eigenvalue weighted by Crippen LogP contribution is -2.44. The van der Waals surface area contributed by atoms with Gasteiger partial charge in [0.15, 0.2) is 0 Å². The molecule has 0 atom stereocenters. The van der Waals surface area contributed by atoms with Crippen LogP contribution in [0.2, 0.25) is 0 Å². The normalized spacial score (nSPS) is 15.6. The zero-order chi connectivity index (χ0) is 26.2. The molecule has 1 fully saturated rings. The second kappa shape index (κ2) is 12.7. The van der Waals surface area contributed by atoms with Crippen molar-refractivity contribution in [2.75, 3.05) is 46.1 Å². The third-order valence-corrected chi connectivity index (χ3v) is 9.99. The summed E-state index contributed by atoms with van der Waals surface area (Å²) in [6, 6.07) is 15.9. The van der Waals surface area contributed by atoms with E-state index in [1.165, 1.54) is 30.5 Å². The zero-order valence-electron chi connectivity index (χ0n) is 20.8. The zero-order valence-corrected chi connectivity index (χ0v) is 22.4. The summed E-state index contributed by atoms with van der Waals surface area (Å²) in [7, 11) is -3.88. The van der Waals surface area contributed by atoms with Crippen molar-refractivity contribution in [1.29, 1.82) is 0 Å². The van der Waals surface area contributed by atoms with E-state index in [-0.39, 0.29) is 29.1 Å². The first-order chi connectivity index (χ1) is 17.1. The Bertz CT molecular complexity index is 1190. The Morgan fingerprint density at radius 3 is 2.25 bits per heavy atom. The fourth-order valence-corrected chi connectivity index (χ4v) is 6.47. The maximum absolute atomic E-state index is 12.7. The molecular formula is C25H35N3O6S2. The van der Waals surface area contributed by atoms with E-state index in [0.29, 0.717) is 44.6 Å². The Labute approximate surface area is 214 Å². The van der Waals surface area contributed by atoms with Gasteiger partial charge in [0.1, 0.15) is 12.4 Å². The molecule has 0 aromatic heterocycles. The fraction of sp³-hybridized carbons (Fsp3) is 0.480. The van der Waals surface area contributed by atoms with Gasteiger partial charge in [0.25, 0.3) is 0 Å². The first-order valence-corrected chi connectivity index (χ1v) is 15.1. The highest BCUT2D eigenvalue weighted by atomic mass is 32.2.